The first kappa shape index (κ1) is 17.9. The van der Waals surface area contributed by atoms with Gasteiger partial charge in [-0.3, -0.25) is 4.79 Å². The average molecular weight is 331 g/mol. The van der Waals surface area contributed by atoms with Crippen LogP contribution in [0, 0.1) is 5.82 Å². The Hall–Kier alpha value is -2.40. The summed E-state index contributed by atoms with van der Waals surface area (Å²) in [6.45, 7) is 1.85. The summed E-state index contributed by atoms with van der Waals surface area (Å²) in [7, 11) is 0. The first-order valence-corrected chi connectivity index (χ1v) is 7.93. The number of carbonyl (C=O) groups is 1. The smallest absolute Gasteiger partial charge is 0.257 e. The first-order valence-electron chi connectivity index (χ1n) is 7.93. The van der Waals surface area contributed by atoms with E-state index < -0.39 is 11.9 Å². The zero-order chi connectivity index (χ0) is 17.4. The molecule has 2 atom stereocenters. The van der Waals surface area contributed by atoms with Crippen LogP contribution in [0.2, 0.25) is 0 Å². The summed E-state index contributed by atoms with van der Waals surface area (Å²) in [6.07, 6.45) is 0.0696. The number of ether oxygens (including phenoxy) is 1. The van der Waals surface area contributed by atoms with Gasteiger partial charge in [-0.2, -0.15) is 0 Å². The van der Waals surface area contributed by atoms with Crippen molar-refractivity contribution in [3.63, 3.8) is 0 Å². The number of carbonyl (C=O) groups excluding carboxylic acids is 1. The number of hydrogen-bond donors (Lipinski definition) is 2. The van der Waals surface area contributed by atoms with Crippen LogP contribution < -0.4 is 10.1 Å². The number of aliphatic hydroxyl groups is 1. The number of para-hydroxylation sites is 1. The van der Waals surface area contributed by atoms with Crippen molar-refractivity contribution in [2.24, 2.45) is 0 Å². The van der Waals surface area contributed by atoms with Crippen molar-refractivity contribution in [3.8, 4) is 5.75 Å². The molecule has 0 aromatic heterocycles. The maximum atomic E-state index is 13.4. The van der Waals surface area contributed by atoms with E-state index in [2.05, 4.69) is 5.32 Å². The van der Waals surface area contributed by atoms with E-state index in [1.807, 2.05) is 30.3 Å². The minimum atomic E-state index is -0.499. The Kier molecular flexibility index (Phi) is 6.75. The Labute approximate surface area is 141 Å². The van der Waals surface area contributed by atoms with Crippen LogP contribution in [0.4, 0.5) is 4.39 Å². The normalized spacial score (nSPS) is 13.1. The van der Waals surface area contributed by atoms with E-state index in [0.717, 1.165) is 5.56 Å². The fraction of sp³-hybridized carbons (Fsp3) is 0.316. The summed E-state index contributed by atoms with van der Waals surface area (Å²) in [5.74, 6) is -0.772. The predicted molar refractivity (Wildman–Crippen MR) is 90.4 cm³/mol. The van der Waals surface area contributed by atoms with Crippen molar-refractivity contribution in [2.45, 2.75) is 25.4 Å². The average Bonchev–Trinajstić information content (AvgIpc) is 2.58. The lowest BCUT2D eigenvalue weighted by molar-refractivity contribution is -0.123. The second kappa shape index (κ2) is 9.03. The number of nitrogens with one attached hydrogen (secondary N) is 1. The molecule has 2 aromatic rings. The van der Waals surface area contributed by atoms with Crippen LogP contribution in [0.15, 0.2) is 54.6 Å². The maximum absolute atomic E-state index is 13.4. The molecule has 24 heavy (non-hydrogen) atoms. The molecular formula is C19H22FNO3. The van der Waals surface area contributed by atoms with Crippen LogP contribution in [0.25, 0.3) is 0 Å². The zero-order valence-electron chi connectivity index (χ0n) is 13.6. The van der Waals surface area contributed by atoms with E-state index in [4.69, 9.17) is 4.74 Å². The first-order chi connectivity index (χ1) is 11.6. The lowest BCUT2D eigenvalue weighted by Crippen LogP contribution is -2.33. The largest absolute Gasteiger partial charge is 0.481 e. The molecule has 0 aliphatic heterocycles. The SMILES string of the molecule is CC(O)CC(CNC(=O)COc1ccccc1F)c1ccccc1. The minimum absolute atomic E-state index is 0.00334. The van der Waals surface area contributed by atoms with Gasteiger partial charge >= 0.3 is 0 Å². The Balaban J connectivity index is 1.87. The topological polar surface area (TPSA) is 58.6 Å². The maximum Gasteiger partial charge on any atom is 0.257 e. The van der Waals surface area contributed by atoms with Gasteiger partial charge in [0.05, 0.1) is 6.10 Å². The van der Waals surface area contributed by atoms with E-state index in [-0.39, 0.29) is 24.2 Å². The highest BCUT2D eigenvalue weighted by Crippen LogP contribution is 2.20. The molecule has 0 saturated heterocycles. The summed E-state index contributed by atoms with van der Waals surface area (Å²) in [5.41, 5.74) is 1.05. The van der Waals surface area contributed by atoms with Gasteiger partial charge in [-0.1, -0.05) is 42.5 Å². The molecule has 0 spiro atoms. The number of aliphatic hydroxyl groups excluding tert-OH is 1. The zero-order valence-corrected chi connectivity index (χ0v) is 13.6. The number of amides is 1. The molecule has 0 radical (unpaired) electrons. The molecule has 0 aliphatic rings. The molecule has 5 heteroatoms. The molecule has 0 saturated carbocycles. The third-order valence-electron chi connectivity index (χ3n) is 3.64. The number of rotatable bonds is 8. The van der Waals surface area contributed by atoms with E-state index in [1.165, 1.54) is 12.1 Å². The van der Waals surface area contributed by atoms with Crippen molar-refractivity contribution >= 4 is 5.91 Å². The molecule has 2 N–H and O–H groups in total. The van der Waals surface area contributed by atoms with Crippen molar-refractivity contribution in [3.05, 3.63) is 66.0 Å². The molecule has 2 rings (SSSR count). The molecule has 2 unspecified atom stereocenters. The minimum Gasteiger partial charge on any atom is -0.481 e. The Bertz CT molecular complexity index is 646. The summed E-state index contributed by atoms with van der Waals surface area (Å²) in [6, 6.07) is 15.7. The van der Waals surface area contributed by atoms with Gasteiger partial charge in [-0.15, -0.1) is 0 Å². The molecule has 0 aliphatic carbocycles. The van der Waals surface area contributed by atoms with Crippen LogP contribution in [-0.4, -0.2) is 30.3 Å². The van der Waals surface area contributed by atoms with Crippen molar-refractivity contribution in [1.82, 2.24) is 5.32 Å². The standard InChI is InChI=1S/C19H22FNO3/c1-14(22)11-16(15-7-3-2-4-8-15)12-21-19(23)13-24-18-10-6-5-9-17(18)20/h2-10,14,16,22H,11-13H2,1H3,(H,21,23). The Morgan fingerprint density at radius 1 is 1.17 bits per heavy atom. The number of hydrogen-bond acceptors (Lipinski definition) is 3. The van der Waals surface area contributed by atoms with Gasteiger partial charge in [0.15, 0.2) is 18.2 Å². The quantitative estimate of drug-likeness (QED) is 0.782. The molecule has 2 aromatic carbocycles. The Morgan fingerprint density at radius 2 is 1.83 bits per heavy atom. The monoisotopic (exact) mass is 331 g/mol. The highest BCUT2D eigenvalue weighted by molar-refractivity contribution is 5.77. The summed E-state index contributed by atoms with van der Waals surface area (Å²) in [5, 5.41) is 12.4. The number of halogens is 1. The van der Waals surface area contributed by atoms with Gasteiger partial charge in [0, 0.05) is 12.5 Å². The van der Waals surface area contributed by atoms with E-state index in [1.54, 1.807) is 19.1 Å². The number of benzene rings is 2. The van der Waals surface area contributed by atoms with E-state index >= 15 is 0 Å². The second-order valence-corrected chi connectivity index (χ2v) is 5.72. The van der Waals surface area contributed by atoms with Gasteiger partial charge in [0.1, 0.15) is 0 Å². The van der Waals surface area contributed by atoms with Gasteiger partial charge < -0.3 is 15.2 Å². The molecule has 0 bridgehead atoms. The van der Waals surface area contributed by atoms with Crippen LogP contribution in [-0.2, 0) is 4.79 Å². The van der Waals surface area contributed by atoms with Gasteiger partial charge in [-0.25, -0.2) is 4.39 Å². The Morgan fingerprint density at radius 3 is 2.50 bits per heavy atom. The lowest BCUT2D eigenvalue weighted by atomic mass is 9.93. The second-order valence-electron chi connectivity index (χ2n) is 5.72. The van der Waals surface area contributed by atoms with E-state index in [9.17, 15) is 14.3 Å². The van der Waals surface area contributed by atoms with E-state index in [0.29, 0.717) is 13.0 Å². The fourth-order valence-corrected chi connectivity index (χ4v) is 2.47. The molecular weight excluding hydrogens is 309 g/mol. The van der Waals surface area contributed by atoms with Gasteiger partial charge in [0.2, 0.25) is 0 Å². The molecule has 0 heterocycles. The lowest BCUT2D eigenvalue weighted by Gasteiger charge is -2.19. The summed E-state index contributed by atoms with van der Waals surface area (Å²) >= 11 is 0. The highest BCUT2D eigenvalue weighted by Gasteiger charge is 2.15. The molecule has 0 fully saturated rings. The van der Waals surface area contributed by atoms with Crippen molar-refractivity contribution in [1.29, 1.82) is 0 Å². The van der Waals surface area contributed by atoms with Crippen molar-refractivity contribution in [2.75, 3.05) is 13.2 Å². The predicted octanol–water partition coefficient (Wildman–Crippen LogP) is 2.88. The summed E-state index contributed by atoms with van der Waals surface area (Å²) in [4.78, 5) is 11.9. The van der Waals surface area contributed by atoms with Gasteiger partial charge in [-0.05, 0) is 31.0 Å². The third kappa shape index (κ3) is 5.66. The van der Waals surface area contributed by atoms with Crippen LogP contribution in [0.3, 0.4) is 0 Å². The van der Waals surface area contributed by atoms with Crippen LogP contribution in [0.5, 0.6) is 5.75 Å². The third-order valence-corrected chi connectivity index (χ3v) is 3.64. The van der Waals surface area contributed by atoms with Gasteiger partial charge in [0.25, 0.3) is 5.91 Å². The molecule has 4 nitrogen and oxygen atoms in total. The molecule has 1 amide bonds. The van der Waals surface area contributed by atoms with Crippen LogP contribution >= 0.6 is 0 Å². The van der Waals surface area contributed by atoms with Crippen LogP contribution in [0.1, 0.15) is 24.8 Å². The van der Waals surface area contributed by atoms with Crippen molar-refractivity contribution < 1.29 is 19.0 Å². The highest BCUT2D eigenvalue weighted by atomic mass is 19.1. The fourth-order valence-electron chi connectivity index (χ4n) is 2.47. The molecule has 128 valence electrons. The summed E-state index contributed by atoms with van der Waals surface area (Å²) < 4.78 is 18.6.